The van der Waals surface area contributed by atoms with Gasteiger partial charge in [-0.05, 0) is 48.9 Å². The van der Waals surface area contributed by atoms with Gasteiger partial charge in [0.1, 0.15) is 17.4 Å². The third kappa shape index (κ3) is 4.06. The topological polar surface area (TPSA) is 71.5 Å². The summed E-state index contributed by atoms with van der Waals surface area (Å²) in [7, 11) is 0. The monoisotopic (exact) mass is 401 g/mol. The molecule has 2 aliphatic rings. The number of halogens is 2. The van der Waals surface area contributed by atoms with Crippen molar-refractivity contribution >= 4 is 17.6 Å². The zero-order valence-corrected chi connectivity index (χ0v) is 16.0. The first-order valence-corrected chi connectivity index (χ1v) is 9.52. The van der Waals surface area contributed by atoms with Crippen LogP contribution in [0.5, 0.6) is 11.5 Å². The van der Waals surface area contributed by atoms with Gasteiger partial charge in [-0.1, -0.05) is 0 Å². The molecule has 4 rings (SSSR count). The fraction of sp³-hybridized carbons (Fsp3) is 0.381. The normalized spacial score (nSPS) is 19.7. The largest absolute Gasteiger partial charge is 0.453 e. The van der Waals surface area contributed by atoms with E-state index >= 15 is 0 Å². The second kappa shape index (κ2) is 7.42. The van der Waals surface area contributed by atoms with Crippen LogP contribution in [-0.4, -0.2) is 34.8 Å². The molecule has 1 saturated heterocycles. The lowest BCUT2D eigenvalue weighted by molar-refractivity contribution is -0.130. The lowest BCUT2D eigenvalue weighted by atomic mass is 9.90. The zero-order chi connectivity index (χ0) is 20.6. The van der Waals surface area contributed by atoms with Crippen molar-refractivity contribution in [1.29, 1.82) is 0 Å². The molecule has 1 atom stereocenters. The van der Waals surface area contributed by atoms with Crippen LogP contribution in [0.2, 0.25) is 0 Å². The predicted molar refractivity (Wildman–Crippen MR) is 101 cm³/mol. The van der Waals surface area contributed by atoms with Crippen molar-refractivity contribution in [3.8, 4) is 11.5 Å². The lowest BCUT2D eigenvalue weighted by Crippen LogP contribution is -2.39. The Morgan fingerprint density at radius 3 is 2.59 bits per heavy atom. The molecule has 2 heterocycles. The number of aromatic nitrogens is 1. The van der Waals surface area contributed by atoms with E-state index in [1.54, 1.807) is 19.1 Å². The Morgan fingerprint density at radius 1 is 1.21 bits per heavy atom. The van der Waals surface area contributed by atoms with Crippen molar-refractivity contribution in [2.24, 2.45) is 11.3 Å². The first-order valence-electron chi connectivity index (χ1n) is 9.52. The summed E-state index contributed by atoms with van der Waals surface area (Å²) >= 11 is 0. The number of pyridine rings is 1. The fourth-order valence-corrected chi connectivity index (χ4v) is 3.95. The Labute approximate surface area is 166 Å². The summed E-state index contributed by atoms with van der Waals surface area (Å²) in [5.41, 5.74) is -0.000798. The molecule has 0 radical (unpaired) electrons. The molecular formula is C21H21F2N3O3. The van der Waals surface area contributed by atoms with Gasteiger partial charge >= 0.3 is 0 Å². The molecule has 1 aliphatic heterocycles. The number of carbonyl (C=O) groups excluding carboxylic acids is 2. The van der Waals surface area contributed by atoms with Gasteiger partial charge in [0.2, 0.25) is 11.8 Å². The first-order chi connectivity index (χ1) is 13.9. The van der Waals surface area contributed by atoms with Crippen molar-refractivity contribution in [3.05, 3.63) is 48.2 Å². The minimum Gasteiger partial charge on any atom is -0.453 e. The number of hydrogen-bond acceptors (Lipinski definition) is 4. The van der Waals surface area contributed by atoms with E-state index in [2.05, 4.69) is 10.3 Å². The molecule has 1 spiro atoms. The van der Waals surface area contributed by atoms with Gasteiger partial charge in [0.05, 0.1) is 6.20 Å². The maximum Gasteiger partial charge on any atom is 0.229 e. The maximum atomic E-state index is 13.7. The molecule has 1 aromatic carbocycles. The number of nitrogens with zero attached hydrogens (tertiary/aromatic N) is 2. The van der Waals surface area contributed by atoms with E-state index in [1.165, 1.54) is 12.3 Å². The van der Waals surface area contributed by atoms with Crippen LogP contribution in [0, 0.1) is 23.0 Å². The Bertz CT molecular complexity index is 941. The molecule has 1 saturated carbocycles. The Kier molecular flexibility index (Phi) is 4.94. The average molecular weight is 401 g/mol. The molecule has 1 N–H and O–H groups in total. The Morgan fingerprint density at radius 2 is 1.97 bits per heavy atom. The minimum absolute atomic E-state index is 0.000798. The summed E-state index contributed by atoms with van der Waals surface area (Å²) in [5, 5.41) is 2.81. The number of benzene rings is 1. The van der Waals surface area contributed by atoms with Gasteiger partial charge in [0.15, 0.2) is 11.6 Å². The zero-order valence-electron chi connectivity index (χ0n) is 16.0. The second-order valence-corrected chi connectivity index (χ2v) is 7.67. The van der Waals surface area contributed by atoms with Gasteiger partial charge in [-0.2, -0.15) is 0 Å². The van der Waals surface area contributed by atoms with Crippen LogP contribution >= 0.6 is 0 Å². The lowest BCUT2D eigenvalue weighted by Gasteiger charge is -2.32. The highest BCUT2D eigenvalue weighted by Gasteiger charge is 2.58. The summed E-state index contributed by atoms with van der Waals surface area (Å²) in [6, 6.07) is 6.17. The van der Waals surface area contributed by atoms with Crippen molar-refractivity contribution in [2.45, 2.75) is 26.2 Å². The van der Waals surface area contributed by atoms with E-state index in [-0.39, 0.29) is 34.6 Å². The minimum atomic E-state index is -0.808. The molecule has 6 nitrogen and oxygen atoms in total. The first kappa shape index (κ1) is 19.3. The SMILES string of the molecule is CC(=O)N1CCC2(CC1)CC2C(=O)Nc1ccc(Oc2ccc(F)cc2F)cn1. The number of hydrogen-bond donors (Lipinski definition) is 1. The summed E-state index contributed by atoms with van der Waals surface area (Å²) in [4.78, 5) is 30.0. The van der Waals surface area contributed by atoms with E-state index in [1.807, 2.05) is 4.90 Å². The number of likely N-dealkylation sites (tertiary alicyclic amines) is 1. The van der Waals surface area contributed by atoms with Crippen LogP contribution in [-0.2, 0) is 9.59 Å². The summed E-state index contributed by atoms with van der Waals surface area (Å²) in [5.74, 6) is -1.02. The highest BCUT2D eigenvalue weighted by atomic mass is 19.1. The van der Waals surface area contributed by atoms with Crippen LogP contribution in [0.25, 0.3) is 0 Å². The molecule has 2 aromatic rings. The number of nitrogens with one attached hydrogen (secondary N) is 1. The van der Waals surface area contributed by atoms with Crippen molar-refractivity contribution < 1.29 is 23.1 Å². The number of piperidine rings is 1. The summed E-state index contributed by atoms with van der Waals surface area (Å²) in [6.07, 6.45) is 3.88. The third-order valence-electron chi connectivity index (χ3n) is 5.82. The van der Waals surface area contributed by atoms with Gasteiger partial charge in [-0.25, -0.2) is 13.8 Å². The highest BCUT2D eigenvalue weighted by molar-refractivity contribution is 5.94. The maximum absolute atomic E-state index is 13.7. The van der Waals surface area contributed by atoms with Gasteiger partial charge < -0.3 is 15.0 Å². The van der Waals surface area contributed by atoms with Crippen molar-refractivity contribution in [1.82, 2.24) is 9.88 Å². The van der Waals surface area contributed by atoms with E-state index in [9.17, 15) is 18.4 Å². The predicted octanol–water partition coefficient (Wildman–Crippen LogP) is 3.74. The second-order valence-electron chi connectivity index (χ2n) is 7.67. The smallest absolute Gasteiger partial charge is 0.229 e. The van der Waals surface area contributed by atoms with Crippen LogP contribution in [0.4, 0.5) is 14.6 Å². The van der Waals surface area contributed by atoms with Crippen LogP contribution in [0.15, 0.2) is 36.5 Å². The van der Waals surface area contributed by atoms with Crippen LogP contribution < -0.4 is 10.1 Å². The van der Waals surface area contributed by atoms with E-state index in [0.29, 0.717) is 18.9 Å². The standard InChI is InChI=1S/C21H21F2N3O3/c1-13(27)26-8-6-21(7-9-26)11-16(21)20(28)25-19-5-3-15(12-24-19)29-18-4-2-14(22)10-17(18)23/h2-5,10,12,16H,6-9,11H2,1H3,(H,24,25,28). The van der Waals surface area contributed by atoms with E-state index in [0.717, 1.165) is 31.4 Å². The average Bonchev–Trinajstić information content (AvgIpc) is 3.39. The quantitative estimate of drug-likeness (QED) is 0.847. The van der Waals surface area contributed by atoms with Gasteiger partial charge in [0, 0.05) is 32.0 Å². The third-order valence-corrected chi connectivity index (χ3v) is 5.82. The number of ether oxygens (including phenoxy) is 1. The van der Waals surface area contributed by atoms with Gasteiger partial charge in [-0.3, -0.25) is 9.59 Å². The van der Waals surface area contributed by atoms with E-state index in [4.69, 9.17) is 4.74 Å². The molecule has 2 fully saturated rings. The van der Waals surface area contributed by atoms with Crippen molar-refractivity contribution in [3.63, 3.8) is 0 Å². The van der Waals surface area contributed by atoms with Crippen LogP contribution in [0.1, 0.15) is 26.2 Å². The molecule has 1 aromatic heterocycles. The highest BCUT2D eigenvalue weighted by Crippen LogP contribution is 2.59. The molecule has 2 amide bonds. The molecule has 0 bridgehead atoms. The molecule has 1 unspecified atom stereocenters. The molecular weight excluding hydrogens is 380 g/mol. The summed E-state index contributed by atoms with van der Waals surface area (Å²) < 4.78 is 32.0. The number of carbonyl (C=O) groups is 2. The number of rotatable bonds is 4. The van der Waals surface area contributed by atoms with E-state index < -0.39 is 11.6 Å². The fourth-order valence-electron chi connectivity index (χ4n) is 3.95. The molecule has 152 valence electrons. The Hall–Kier alpha value is -3.03. The molecule has 1 aliphatic carbocycles. The van der Waals surface area contributed by atoms with Gasteiger partial charge in [-0.15, -0.1) is 0 Å². The molecule has 29 heavy (non-hydrogen) atoms. The Balaban J connectivity index is 1.32. The number of anilines is 1. The molecule has 8 heteroatoms. The summed E-state index contributed by atoms with van der Waals surface area (Å²) in [6.45, 7) is 2.96. The van der Waals surface area contributed by atoms with Crippen molar-refractivity contribution in [2.75, 3.05) is 18.4 Å². The number of amides is 2. The van der Waals surface area contributed by atoms with Gasteiger partial charge in [0.25, 0.3) is 0 Å². The van der Waals surface area contributed by atoms with Crippen LogP contribution in [0.3, 0.4) is 0 Å².